The predicted octanol–water partition coefficient (Wildman–Crippen LogP) is 0.850. The lowest BCUT2D eigenvalue weighted by Crippen LogP contribution is -2.22. The standard InChI is InChI=1S/C10H12N6OS/c1-3-4-15-8(17)6-5-14(2)13-7(6)16-9(15)11-12-10(16)18/h5H,3-4H2,1-2H3,(H,12,18). The van der Waals surface area contributed by atoms with E-state index >= 15 is 0 Å². The number of H-pyrrole nitrogens is 1. The van der Waals surface area contributed by atoms with Crippen LogP contribution in [0.5, 0.6) is 0 Å². The molecule has 0 fully saturated rings. The maximum atomic E-state index is 12.4. The summed E-state index contributed by atoms with van der Waals surface area (Å²) in [6, 6.07) is 0. The minimum absolute atomic E-state index is 0.0820. The van der Waals surface area contributed by atoms with Crippen LogP contribution in [-0.2, 0) is 13.6 Å². The van der Waals surface area contributed by atoms with Crippen molar-refractivity contribution in [3.8, 4) is 0 Å². The first-order valence-corrected chi connectivity index (χ1v) is 6.07. The molecule has 3 rings (SSSR count). The first-order chi connectivity index (χ1) is 8.63. The highest BCUT2D eigenvalue weighted by atomic mass is 32.1. The molecule has 3 aromatic rings. The van der Waals surface area contributed by atoms with Crippen LogP contribution in [0.1, 0.15) is 13.3 Å². The van der Waals surface area contributed by atoms with Gasteiger partial charge in [0.05, 0.1) is 0 Å². The number of nitrogens with one attached hydrogen (secondary N) is 1. The van der Waals surface area contributed by atoms with Gasteiger partial charge in [0.1, 0.15) is 5.39 Å². The molecule has 1 N–H and O–H groups in total. The molecule has 0 spiro atoms. The third-order valence-electron chi connectivity index (χ3n) is 2.84. The van der Waals surface area contributed by atoms with Crippen molar-refractivity contribution >= 4 is 29.0 Å². The minimum Gasteiger partial charge on any atom is -0.276 e. The smallest absolute Gasteiger partial charge is 0.266 e. The predicted molar refractivity (Wildman–Crippen MR) is 69.2 cm³/mol. The summed E-state index contributed by atoms with van der Waals surface area (Å²) in [6.45, 7) is 2.62. The number of fused-ring (bicyclic) bond motifs is 3. The molecule has 3 heterocycles. The first-order valence-electron chi connectivity index (χ1n) is 5.66. The number of aromatic nitrogens is 6. The van der Waals surface area contributed by atoms with Crippen LogP contribution in [0.2, 0.25) is 0 Å². The van der Waals surface area contributed by atoms with Crippen molar-refractivity contribution in [1.29, 1.82) is 0 Å². The number of hydrogen-bond acceptors (Lipinski definition) is 4. The zero-order valence-corrected chi connectivity index (χ0v) is 10.9. The summed E-state index contributed by atoms with van der Waals surface area (Å²) >= 11 is 5.19. The van der Waals surface area contributed by atoms with Crippen LogP contribution in [0.15, 0.2) is 11.0 Å². The fourth-order valence-corrected chi connectivity index (χ4v) is 2.33. The van der Waals surface area contributed by atoms with Gasteiger partial charge in [-0.1, -0.05) is 6.92 Å². The van der Waals surface area contributed by atoms with Crippen molar-refractivity contribution in [3.05, 3.63) is 21.3 Å². The van der Waals surface area contributed by atoms with E-state index in [-0.39, 0.29) is 5.56 Å². The van der Waals surface area contributed by atoms with E-state index in [0.29, 0.717) is 28.1 Å². The van der Waals surface area contributed by atoms with Crippen molar-refractivity contribution < 1.29 is 0 Å². The second-order valence-electron chi connectivity index (χ2n) is 4.16. The highest BCUT2D eigenvalue weighted by Crippen LogP contribution is 2.11. The van der Waals surface area contributed by atoms with E-state index in [1.54, 1.807) is 26.9 Å². The molecule has 0 atom stereocenters. The third kappa shape index (κ3) is 1.35. The van der Waals surface area contributed by atoms with Crippen LogP contribution >= 0.6 is 12.2 Å². The monoisotopic (exact) mass is 264 g/mol. The van der Waals surface area contributed by atoms with Crippen molar-refractivity contribution in [3.63, 3.8) is 0 Å². The SMILES string of the molecule is CCCn1c(=O)c2cn(C)nc2n2c(=S)[nH]nc12. The molecule has 0 saturated carbocycles. The van der Waals surface area contributed by atoms with Crippen LogP contribution in [0.3, 0.4) is 0 Å². The molecule has 18 heavy (non-hydrogen) atoms. The van der Waals surface area contributed by atoms with Crippen LogP contribution in [0, 0.1) is 4.77 Å². The van der Waals surface area contributed by atoms with Gasteiger partial charge in [0.15, 0.2) is 5.65 Å². The zero-order chi connectivity index (χ0) is 12.9. The summed E-state index contributed by atoms with van der Waals surface area (Å²) in [4.78, 5) is 12.4. The van der Waals surface area contributed by atoms with Crippen LogP contribution in [0.4, 0.5) is 0 Å². The number of aromatic amines is 1. The molecule has 8 heteroatoms. The Morgan fingerprint density at radius 2 is 2.28 bits per heavy atom. The van der Waals surface area contributed by atoms with Gasteiger partial charge < -0.3 is 0 Å². The maximum Gasteiger partial charge on any atom is 0.266 e. The Morgan fingerprint density at radius 1 is 1.50 bits per heavy atom. The highest BCUT2D eigenvalue weighted by molar-refractivity contribution is 7.71. The maximum absolute atomic E-state index is 12.4. The molecule has 0 aliphatic heterocycles. The van der Waals surface area contributed by atoms with E-state index in [2.05, 4.69) is 15.3 Å². The molecule has 0 aromatic carbocycles. The molecule has 0 amide bonds. The molecular weight excluding hydrogens is 252 g/mol. The van der Waals surface area contributed by atoms with Crippen molar-refractivity contribution in [2.24, 2.45) is 7.05 Å². The second-order valence-corrected chi connectivity index (χ2v) is 4.55. The number of nitrogens with zero attached hydrogens (tertiary/aromatic N) is 5. The molecule has 0 saturated heterocycles. The van der Waals surface area contributed by atoms with Crippen molar-refractivity contribution in [2.45, 2.75) is 19.9 Å². The zero-order valence-electron chi connectivity index (χ0n) is 10.0. The van der Waals surface area contributed by atoms with E-state index in [9.17, 15) is 4.79 Å². The Hall–Kier alpha value is -1.96. The normalized spacial score (nSPS) is 11.7. The Balaban J connectivity index is 2.63. The summed E-state index contributed by atoms with van der Waals surface area (Å²) in [6.07, 6.45) is 2.55. The lowest BCUT2D eigenvalue weighted by atomic mass is 10.4. The van der Waals surface area contributed by atoms with Crippen molar-refractivity contribution in [1.82, 2.24) is 28.9 Å². The fourth-order valence-electron chi connectivity index (χ4n) is 2.11. The summed E-state index contributed by atoms with van der Waals surface area (Å²) in [5, 5.41) is 11.7. The first kappa shape index (κ1) is 11.1. The Morgan fingerprint density at radius 3 is 3.00 bits per heavy atom. The van der Waals surface area contributed by atoms with E-state index in [4.69, 9.17) is 12.2 Å². The quantitative estimate of drug-likeness (QED) is 0.696. The second kappa shape index (κ2) is 3.77. The number of aryl methyl sites for hydroxylation is 2. The molecule has 3 aromatic heterocycles. The molecule has 0 radical (unpaired) electrons. The lowest BCUT2D eigenvalue weighted by molar-refractivity contribution is 0.662. The largest absolute Gasteiger partial charge is 0.276 e. The van der Waals surface area contributed by atoms with Gasteiger partial charge >= 0.3 is 0 Å². The molecule has 0 unspecified atom stereocenters. The Bertz CT molecular complexity index is 851. The summed E-state index contributed by atoms with van der Waals surface area (Å²) in [5.74, 6) is 0.512. The topological polar surface area (TPSA) is 72.9 Å². The van der Waals surface area contributed by atoms with Crippen LogP contribution in [-0.4, -0.2) is 28.9 Å². The van der Waals surface area contributed by atoms with E-state index < -0.39 is 0 Å². The van der Waals surface area contributed by atoms with Gasteiger partial charge in [-0.25, -0.2) is 9.50 Å². The minimum atomic E-state index is -0.0820. The molecular formula is C10H12N6OS. The van der Waals surface area contributed by atoms with E-state index in [1.165, 1.54) is 0 Å². The Kier molecular flexibility index (Phi) is 2.34. The van der Waals surface area contributed by atoms with Crippen LogP contribution in [0.25, 0.3) is 16.8 Å². The summed E-state index contributed by atoms with van der Waals surface area (Å²) < 4.78 is 5.37. The fraction of sp³-hybridized carbons (Fsp3) is 0.400. The van der Waals surface area contributed by atoms with Gasteiger partial charge in [-0.3, -0.25) is 14.0 Å². The molecule has 0 aliphatic rings. The van der Waals surface area contributed by atoms with Gasteiger partial charge in [-0.2, -0.15) is 5.10 Å². The molecule has 0 aliphatic carbocycles. The van der Waals surface area contributed by atoms with Crippen LogP contribution < -0.4 is 5.56 Å². The van der Waals surface area contributed by atoms with Gasteiger partial charge in [-0.15, -0.1) is 5.10 Å². The molecule has 94 valence electrons. The highest BCUT2D eigenvalue weighted by Gasteiger charge is 2.15. The van der Waals surface area contributed by atoms with Gasteiger partial charge in [-0.05, 0) is 18.6 Å². The average Bonchev–Trinajstić information content (AvgIpc) is 2.88. The van der Waals surface area contributed by atoms with Crippen molar-refractivity contribution in [2.75, 3.05) is 0 Å². The lowest BCUT2D eigenvalue weighted by Gasteiger charge is -2.05. The van der Waals surface area contributed by atoms with Gasteiger partial charge in [0.25, 0.3) is 5.56 Å². The summed E-state index contributed by atoms with van der Waals surface area (Å²) in [5.41, 5.74) is 0.463. The molecule has 7 nitrogen and oxygen atoms in total. The Labute approximate surface area is 107 Å². The number of hydrogen-bond donors (Lipinski definition) is 1. The van der Waals surface area contributed by atoms with Gasteiger partial charge in [0.2, 0.25) is 10.5 Å². The third-order valence-corrected chi connectivity index (χ3v) is 3.11. The summed E-state index contributed by atoms with van der Waals surface area (Å²) in [7, 11) is 1.78. The average molecular weight is 264 g/mol. The number of rotatable bonds is 2. The van der Waals surface area contributed by atoms with E-state index in [1.807, 2.05) is 6.92 Å². The van der Waals surface area contributed by atoms with Gasteiger partial charge in [0, 0.05) is 19.8 Å². The molecule has 0 bridgehead atoms. The van der Waals surface area contributed by atoms with E-state index in [0.717, 1.165) is 6.42 Å².